The van der Waals surface area contributed by atoms with Gasteiger partial charge in [0.25, 0.3) is 0 Å². The second-order valence-corrected chi connectivity index (χ2v) is 8.43. The van der Waals surface area contributed by atoms with Gasteiger partial charge in [0, 0.05) is 12.1 Å². The molecule has 0 aromatic carbocycles. The van der Waals surface area contributed by atoms with Gasteiger partial charge in [-0.1, -0.05) is 25.7 Å². The Morgan fingerprint density at radius 1 is 0.636 bits per heavy atom. The van der Waals surface area contributed by atoms with Gasteiger partial charge in [0.2, 0.25) is 0 Å². The largest absolute Gasteiger partial charge is 0.301 e. The molecule has 2 heterocycles. The van der Waals surface area contributed by atoms with Gasteiger partial charge in [-0.05, 0) is 91.4 Å². The predicted octanol–water partition coefficient (Wildman–Crippen LogP) is 4.79. The fraction of sp³-hybridized carbons (Fsp3) is 1.00. The lowest BCUT2D eigenvalue weighted by molar-refractivity contribution is 0.138. The summed E-state index contributed by atoms with van der Waals surface area (Å²) in [6, 6.07) is 1.50. The first kappa shape index (κ1) is 18.3. The van der Waals surface area contributed by atoms with Crippen LogP contribution in [0.15, 0.2) is 0 Å². The summed E-state index contributed by atoms with van der Waals surface area (Å²) in [7, 11) is 0. The summed E-state index contributed by atoms with van der Waals surface area (Å²) >= 11 is 0. The van der Waals surface area contributed by atoms with Crippen LogP contribution in [0.5, 0.6) is 0 Å². The SMILES string of the molecule is CC(C)N1CCC(CCCCC2CCN(C(C)C)CC2)CC1. The lowest BCUT2D eigenvalue weighted by Crippen LogP contribution is -2.38. The quantitative estimate of drug-likeness (QED) is 0.624. The minimum atomic E-state index is 0.748. The molecule has 0 spiro atoms. The van der Waals surface area contributed by atoms with Crippen LogP contribution in [-0.4, -0.2) is 48.1 Å². The van der Waals surface area contributed by atoms with Gasteiger partial charge in [0.05, 0.1) is 0 Å². The van der Waals surface area contributed by atoms with Gasteiger partial charge in [0.1, 0.15) is 0 Å². The van der Waals surface area contributed by atoms with Crippen molar-refractivity contribution in [2.24, 2.45) is 11.8 Å². The lowest BCUT2D eigenvalue weighted by atomic mass is 9.87. The van der Waals surface area contributed by atoms with Gasteiger partial charge in [-0.25, -0.2) is 0 Å². The van der Waals surface area contributed by atoms with Gasteiger partial charge in [-0.3, -0.25) is 0 Å². The van der Waals surface area contributed by atoms with Crippen LogP contribution in [0.3, 0.4) is 0 Å². The van der Waals surface area contributed by atoms with Crippen LogP contribution < -0.4 is 0 Å². The summed E-state index contributed by atoms with van der Waals surface area (Å²) < 4.78 is 0. The van der Waals surface area contributed by atoms with Crippen molar-refractivity contribution in [3.05, 3.63) is 0 Å². The molecule has 0 unspecified atom stereocenters. The van der Waals surface area contributed by atoms with Crippen LogP contribution >= 0.6 is 0 Å². The average molecular weight is 309 g/mol. The van der Waals surface area contributed by atoms with Crippen molar-refractivity contribution in [1.82, 2.24) is 9.80 Å². The maximum Gasteiger partial charge on any atom is 0.00385 e. The van der Waals surface area contributed by atoms with E-state index in [9.17, 15) is 0 Å². The van der Waals surface area contributed by atoms with Gasteiger partial charge < -0.3 is 9.80 Å². The Morgan fingerprint density at radius 3 is 1.23 bits per heavy atom. The summed E-state index contributed by atoms with van der Waals surface area (Å²) in [4.78, 5) is 5.30. The van der Waals surface area contributed by atoms with Gasteiger partial charge in [0.15, 0.2) is 0 Å². The fourth-order valence-electron chi connectivity index (χ4n) is 4.38. The standard InChI is InChI=1S/C20H40N2/c1-17(2)21-13-9-19(10-14-21)7-5-6-8-20-11-15-22(16-12-20)18(3)4/h17-20H,5-16H2,1-4H3. The molecule has 0 aromatic heterocycles. The van der Waals surface area contributed by atoms with E-state index in [2.05, 4.69) is 37.5 Å². The van der Waals surface area contributed by atoms with Gasteiger partial charge in [-0.2, -0.15) is 0 Å². The van der Waals surface area contributed by atoms with Crippen LogP contribution in [0.4, 0.5) is 0 Å². The maximum atomic E-state index is 2.65. The molecular formula is C20H40N2. The van der Waals surface area contributed by atoms with Crippen molar-refractivity contribution >= 4 is 0 Å². The number of unbranched alkanes of at least 4 members (excludes halogenated alkanes) is 1. The molecule has 0 atom stereocenters. The molecule has 2 nitrogen and oxygen atoms in total. The van der Waals surface area contributed by atoms with E-state index in [0.717, 1.165) is 23.9 Å². The highest BCUT2D eigenvalue weighted by Crippen LogP contribution is 2.27. The topological polar surface area (TPSA) is 6.48 Å². The van der Waals surface area contributed by atoms with Crippen LogP contribution in [0.25, 0.3) is 0 Å². The second kappa shape index (κ2) is 9.27. The normalized spacial score (nSPS) is 23.7. The number of nitrogens with zero attached hydrogens (tertiary/aromatic N) is 2. The lowest BCUT2D eigenvalue weighted by Gasteiger charge is -2.35. The molecule has 0 aliphatic carbocycles. The van der Waals surface area contributed by atoms with E-state index < -0.39 is 0 Å². The van der Waals surface area contributed by atoms with E-state index in [4.69, 9.17) is 0 Å². The van der Waals surface area contributed by atoms with Gasteiger partial charge in [-0.15, -0.1) is 0 Å². The minimum absolute atomic E-state index is 0.748. The third kappa shape index (κ3) is 5.85. The van der Waals surface area contributed by atoms with E-state index >= 15 is 0 Å². The van der Waals surface area contributed by atoms with Crippen LogP contribution in [-0.2, 0) is 0 Å². The van der Waals surface area contributed by atoms with Crippen molar-refractivity contribution in [3.63, 3.8) is 0 Å². The molecule has 0 amide bonds. The smallest absolute Gasteiger partial charge is 0.00385 e. The molecule has 2 rings (SSSR count). The molecule has 0 bridgehead atoms. The molecule has 2 fully saturated rings. The molecule has 0 saturated carbocycles. The summed E-state index contributed by atoms with van der Waals surface area (Å²) in [5.74, 6) is 2.05. The number of hydrogen-bond acceptors (Lipinski definition) is 2. The third-order valence-electron chi connectivity index (χ3n) is 6.23. The highest BCUT2D eigenvalue weighted by atomic mass is 15.2. The molecular weight excluding hydrogens is 268 g/mol. The van der Waals surface area contributed by atoms with Crippen LogP contribution in [0, 0.1) is 11.8 Å². The maximum absolute atomic E-state index is 2.65. The summed E-state index contributed by atoms with van der Waals surface area (Å²) in [6.45, 7) is 14.7. The van der Waals surface area contributed by atoms with Crippen molar-refractivity contribution in [2.75, 3.05) is 26.2 Å². The Labute approximate surface area is 139 Å². The van der Waals surface area contributed by atoms with E-state index in [-0.39, 0.29) is 0 Å². The zero-order chi connectivity index (χ0) is 15.9. The molecule has 130 valence electrons. The predicted molar refractivity (Wildman–Crippen MR) is 97.3 cm³/mol. The van der Waals surface area contributed by atoms with E-state index in [1.165, 1.54) is 77.5 Å². The zero-order valence-corrected chi connectivity index (χ0v) is 15.7. The highest BCUT2D eigenvalue weighted by Gasteiger charge is 2.22. The van der Waals surface area contributed by atoms with Crippen molar-refractivity contribution in [2.45, 2.75) is 91.1 Å². The Hall–Kier alpha value is -0.0800. The Morgan fingerprint density at radius 2 is 0.955 bits per heavy atom. The molecule has 0 aromatic rings. The van der Waals surface area contributed by atoms with Crippen molar-refractivity contribution in [3.8, 4) is 0 Å². The Kier molecular flexibility index (Phi) is 7.70. The first-order valence-electron chi connectivity index (χ1n) is 10.0. The molecule has 2 aliphatic rings. The molecule has 0 N–H and O–H groups in total. The first-order valence-corrected chi connectivity index (χ1v) is 10.0. The fourth-order valence-corrected chi connectivity index (χ4v) is 4.38. The molecule has 22 heavy (non-hydrogen) atoms. The second-order valence-electron chi connectivity index (χ2n) is 8.43. The monoisotopic (exact) mass is 308 g/mol. The molecule has 0 radical (unpaired) electrons. The van der Waals surface area contributed by atoms with Crippen LogP contribution in [0.2, 0.25) is 0 Å². The summed E-state index contributed by atoms with van der Waals surface area (Å²) in [5, 5.41) is 0. The number of piperidine rings is 2. The van der Waals surface area contributed by atoms with E-state index in [1.807, 2.05) is 0 Å². The number of rotatable bonds is 7. The summed E-state index contributed by atoms with van der Waals surface area (Å²) in [5.41, 5.74) is 0. The van der Waals surface area contributed by atoms with Gasteiger partial charge >= 0.3 is 0 Å². The number of likely N-dealkylation sites (tertiary alicyclic amines) is 2. The van der Waals surface area contributed by atoms with Crippen molar-refractivity contribution in [1.29, 1.82) is 0 Å². The average Bonchev–Trinajstić information content (AvgIpc) is 2.52. The third-order valence-corrected chi connectivity index (χ3v) is 6.23. The zero-order valence-electron chi connectivity index (χ0n) is 15.7. The minimum Gasteiger partial charge on any atom is -0.301 e. The van der Waals surface area contributed by atoms with Crippen molar-refractivity contribution < 1.29 is 0 Å². The van der Waals surface area contributed by atoms with E-state index in [0.29, 0.717) is 0 Å². The molecule has 2 aliphatic heterocycles. The molecule has 2 saturated heterocycles. The Bertz CT molecular complexity index is 254. The van der Waals surface area contributed by atoms with E-state index in [1.54, 1.807) is 0 Å². The Balaban J connectivity index is 1.50. The summed E-state index contributed by atoms with van der Waals surface area (Å²) in [6.07, 6.45) is 11.8. The molecule has 2 heteroatoms. The highest BCUT2D eigenvalue weighted by molar-refractivity contribution is 4.76. The number of hydrogen-bond donors (Lipinski definition) is 0. The first-order chi connectivity index (χ1) is 10.6. The van der Waals surface area contributed by atoms with Crippen LogP contribution in [0.1, 0.15) is 79.1 Å².